The second-order valence-electron chi connectivity index (χ2n) is 7.44. The number of imidazole rings is 1. The van der Waals surface area contributed by atoms with Crippen LogP contribution in [0.25, 0.3) is 0 Å². The van der Waals surface area contributed by atoms with E-state index in [0.29, 0.717) is 16.1 Å². The summed E-state index contributed by atoms with van der Waals surface area (Å²) in [5.41, 5.74) is 1.05. The second kappa shape index (κ2) is 10.2. The van der Waals surface area contributed by atoms with Crippen LogP contribution in [0, 0.1) is 6.92 Å². The van der Waals surface area contributed by atoms with E-state index < -0.39 is 17.6 Å². The Balaban J connectivity index is 0.000000215. The zero-order chi connectivity index (χ0) is 24.2. The summed E-state index contributed by atoms with van der Waals surface area (Å²) in [4.78, 5) is 27.3. The molecule has 2 heterocycles. The molecular formula is C23H22ClF3N4O2. The van der Waals surface area contributed by atoms with Gasteiger partial charge < -0.3 is 15.2 Å². The summed E-state index contributed by atoms with van der Waals surface area (Å²) in [7, 11) is 0. The minimum atomic E-state index is -4.45. The van der Waals surface area contributed by atoms with Crippen molar-refractivity contribution in [1.82, 2.24) is 14.9 Å². The minimum absolute atomic E-state index is 0.0856. The Kier molecular flexibility index (Phi) is 7.55. The zero-order valence-electron chi connectivity index (χ0n) is 18.0. The maximum Gasteiger partial charge on any atom is 0.416 e. The third kappa shape index (κ3) is 6.21. The fourth-order valence-electron chi connectivity index (χ4n) is 3.24. The monoisotopic (exact) mass is 478 g/mol. The Hall–Kier alpha value is -3.17. The van der Waals surface area contributed by atoms with Crippen molar-refractivity contribution in [3.05, 3.63) is 81.9 Å². The molecule has 33 heavy (non-hydrogen) atoms. The van der Waals surface area contributed by atoms with Crippen LogP contribution in [0.15, 0.2) is 48.7 Å². The van der Waals surface area contributed by atoms with Crippen LogP contribution in [0.2, 0.25) is 5.02 Å². The van der Waals surface area contributed by atoms with Crippen molar-refractivity contribution in [1.29, 1.82) is 0 Å². The van der Waals surface area contributed by atoms with Gasteiger partial charge in [-0.25, -0.2) is 4.98 Å². The average molecular weight is 479 g/mol. The third-order valence-electron chi connectivity index (χ3n) is 4.96. The van der Waals surface area contributed by atoms with E-state index in [1.807, 2.05) is 4.57 Å². The lowest BCUT2D eigenvalue weighted by Gasteiger charge is -2.16. The summed E-state index contributed by atoms with van der Waals surface area (Å²) in [6.07, 6.45) is -2.79. The normalized spacial score (nSPS) is 12.9. The van der Waals surface area contributed by atoms with Crippen LogP contribution in [0.4, 0.5) is 18.9 Å². The molecule has 0 atom stereocenters. The summed E-state index contributed by atoms with van der Waals surface area (Å²) in [6, 6.07) is 9.13. The maximum atomic E-state index is 12.6. The predicted octanol–water partition coefficient (Wildman–Crippen LogP) is 5.11. The lowest BCUT2D eigenvalue weighted by molar-refractivity contribution is -0.137. The summed E-state index contributed by atoms with van der Waals surface area (Å²) < 4.78 is 39.8. The lowest BCUT2D eigenvalue weighted by atomic mass is 10.1. The molecule has 0 saturated heterocycles. The number of alkyl halides is 3. The molecule has 1 amide bonds. The molecule has 1 aromatic heterocycles. The standard InChI is InChI=1S/C15H11ClF3NO.C8H11N3O/c1-9-7-10(5-6-13(9)16)14(21)20-12-4-2-3-11(8-12)15(17,18)19;1-6(12)7-4-10-8-5-9-2-3-11(7)8/h2-8H,1H3,(H,20,21);4,9H,2-3,5H2,1H3. The number of carbonyl (C=O) groups is 2. The van der Waals surface area contributed by atoms with Gasteiger partial charge in [0.1, 0.15) is 11.5 Å². The van der Waals surface area contributed by atoms with Crippen LogP contribution >= 0.6 is 11.6 Å². The summed E-state index contributed by atoms with van der Waals surface area (Å²) in [6.45, 7) is 5.86. The van der Waals surface area contributed by atoms with Gasteiger partial charge in [0.15, 0.2) is 5.78 Å². The fraction of sp³-hybridized carbons (Fsp3) is 0.261. The molecule has 3 aromatic rings. The number of ketones is 1. The lowest BCUT2D eigenvalue weighted by Crippen LogP contribution is -2.29. The van der Waals surface area contributed by atoms with Crippen molar-refractivity contribution in [2.45, 2.75) is 33.1 Å². The first-order valence-corrected chi connectivity index (χ1v) is 10.4. The van der Waals surface area contributed by atoms with E-state index >= 15 is 0 Å². The van der Waals surface area contributed by atoms with Crippen LogP contribution in [0.5, 0.6) is 0 Å². The fourth-order valence-corrected chi connectivity index (χ4v) is 3.36. The molecule has 0 bridgehead atoms. The van der Waals surface area contributed by atoms with Crippen molar-refractivity contribution < 1.29 is 22.8 Å². The van der Waals surface area contributed by atoms with Gasteiger partial charge in [-0.1, -0.05) is 17.7 Å². The van der Waals surface area contributed by atoms with E-state index in [4.69, 9.17) is 11.6 Å². The van der Waals surface area contributed by atoms with E-state index in [-0.39, 0.29) is 11.5 Å². The molecule has 6 nitrogen and oxygen atoms in total. The van der Waals surface area contributed by atoms with Gasteiger partial charge in [0.25, 0.3) is 5.91 Å². The number of carbonyl (C=O) groups excluding carboxylic acids is 2. The quantitative estimate of drug-likeness (QED) is 0.513. The number of aromatic nitrogens is 2. The number of hydrogen-bond acceptors (Lipinski definition) is 4. The van der Waals surface area contributed by atoms with Gasteiger partial charge in [-0.05, 0) is 48.9 Å². The van der Waals surface area contributed by atoms with E-state index in [1.165, 1.54) is 18.2 Å². The number of nitrogens with one attached hydrogen (secondary N) is 2. The molecule has 0 aliphatic carbocycles. The van der Waals surface area contributed by atoms with Gasteiger partial charge in [-0.15, -0.1) is 0 Å². The Morgan fingerprint density at radius 3 is 2.61 bits per heavy atom. The molecule has 2 aromatic carbocycles. The molecule has 10 heteroatoms. The van der Waals surface area contributed by atoms with Gasteiger partial charge in [-0.3, -0.25) is 9.59 Å². The Morgan fingerprint density at radius 1 is 1.18 bits per heavy atom. The maximum absolute atomic E-state index is 12.6. The Morgan fingerprint density at radius 2 is 1.94 bits per heavy atom. The highest BCUT2D eigenvalue weighted by Crippen LogP contribution is 2.30. The molecule has 1 aliphatic heterocycles. The molecule has 0 spiro atoms. The summed E-state index contributed by atoms with van der Waals surface area (Å²) in [5, 5.41) is 6.15. The van der Waals surface area contributed by atoms with Gasteiger partial charge in [0, 0.05) is 36.3 Å². The number of Topliss-reactive ketones (excluding diaryl/α,β-unsaturated/α-hetero) is 1. The van der Waals surface area contributed by atoms with E-state index in [2.05, 4.69) is 15.6 Å². The van der Waals surface area contributed by atoms with Gasteiger partial charge >= 0.3 is 6.18 Å². The van der Waals surface area contributed by atoms with E-state index in [9.17, 15) is 22.8 Å². The first kappa shape index (κ1) is 24.5. The molecular weight excluding hydrogens is 457 g/mol. The number of anilines is 1. The van der Waals surface area contributed by atoms with Crippen molar-refractivity contribution in [2.24, 2.45) is 0 Å². The number of nitrogens with zero attached hydrogens (tertiary/aromatic N) is 2. The summed E-state index contributed by atoms with van der Waals surface area (Å²) >= 11 is 5.86. The summed E-state index contributed by atoms with van der Waals surface area (Å²) in [5.74, 6) is 0.566. The van der Waals surface area contributed by atoms with Crippen molar-refractivity contribution in [2.75, 3.05) is 11.9 Å². The highest BCUT2D eigenvalue weighted by Gasteiger charge is 2.30. The van der Waals surface area contributed by atoms with E-state index in [0.717, 1.165) is 43.3 Å². The first-order valence-electron chi connectivity index (χ1n) is 10.1. The number of halogens is 4. The Labute approximate surface area is 193 Å². The predicted molar refractivity (Wildman–Crippen MR) is 120 cm³/mol. The number of amides is 1. The molecule has 0 saturated carbocycles. The SMILES string of the molecule is CC(=O)c1cnc2n1CCNC2.Cc1cc(C(=O)Nc2cccc(C(F)(F)F)c2)ccc1Cl. The van der Waals surface area contributed by atoms with Crippen LogP contribution in [-0.2, 0) is 19.3 Å². The van der Waals surface area contributed by atoms with Crippen LogP contribution in [-0.4, -0.2) is 27.8 Å². The largest absolute Gasteiger partial charge is 0.416 e. The number of aryl methyl sites for hydroxylation is 1. The highest BCUT2D eigenvalue weighted by molar-refractivity contribution is 6.31. The Bertz CT molecular complexity index is 1170. The minimum Gasteiger partial charge on any atom is -0.323 e. The van der Waals surface area contributed by atoms with Gasteiger partial charge in [0.05, 0.1) is 18.3 Å². The molecule has 2 N–H and O–H groups in total. The van der Waals surface area contributed by atoms with Gasteiger partial charge in [0.2, 0.25) is 0 Å². The number of fused-ring (bicyclic) bond motifs is 1. The number of rotatable bonds is 3. The molecule has 0 unspecified atom stereocenters. The topological polar surface area (TPSA) is 76.0 Å². The molecule has 0 radical (unpaired) electrons. The smallest absolute Gasteiger partial charge is 0.323 e. The van der Waals surface area contributed by atoms with Crippen molar-refractivity contribution in [3.8, 4) is 0 Å². The number of benzene rings is 2. The van der Waals surface area contributed by atoms with Crippen LogP contribution in [0.1, 0.15) is 44.7 Å². The molecule has 0 fully saturated rings. The van der Waals surface area contributed by atoms with Crippen molar-refractivity contribution in [3.63, 3.8) is 0 Å². The highest BCUT2D eigenvalue weighted by atomic mass is 35.5. The molecule has 1 aliphatic rings. The average Bonchev–Trinajstić information content (AvgIpc) is 3.20. The molecule has 174 valence electrons. The third-order valence-corrected chi connectivity index (χ3v) is 5.39. The van der Waals surface area contributed by atoms with Crippen molar-refractivity contribution >= 4 is 29.0 Å². The van der Waals surface area contributed by atoms with E-state index in [1.54, 1.807) is 32.2 Å². The number of hydrogen-bond donors (Lipinski definition) is 2. The van der Waals surface area contributed by atoms with Crippen LogP contribution < -0.4 is 10.6 Å². The molecule has 4 rings (SSSR count). The zero-order valence-corrected chi connectivity index (χ0v) is 18.7. The first-order chi connectivity index (χ1) is 15.6. The van der Waals surface area contributed by atoms with Gasteiger partial charge in [-0.2, -0.15) is 13.2 Å². The second-order valence-corrected chi connectivity index (χ2v) is 7.85. The van der Waals surface area contributed by atoms with Crippen LogP contribution in [0.3, 0.4) is 0 Å².